The van der Waals surface area contributed by atoms with Crippen molar-refractivity contribution in [1.29, 1.82) is 0 Å². The molecule has 1 aliphatic heterocycles. The van der Waals surface area contributed by atoms with Gasteiger partial charge >= 0.3 is 5.97 Å². The van der Waals surface area contributed by atoms with Gasteiger partial charge in [-0.1, -0.05) is 0 Å². The van der Waals surface area contributed by atoms with Crippen LogP contribution >= 0.6 is 0 Å². The quantitative estimate of drug-likeness (QED) is 0.465. The lowest BCUT2D eigenvalue weighted by Gasteiger charge is -2.09. The van der Waals surface area contributed by atoms with Crippen LogP contribution in [0.25, 0.3) is 0 Å². The maximum absolute atomic E-state index is 11.7. The molecule has 0 aliphatic carbocycles. The number of nitrogens with zero attached hydrogens (tertiary/aromatic N) is 1. The van der Waals surface area contributed by atoms with Crippen molar-refractivity contribution < 1.29 is 22.9 Å². The lowest BCUT2D eigenvalue weighted by Crippen LogP contribution is -2.19. The number of sulfone groups is 1. The van der Waals surface area contributed by atoms with E-state index >= 15 is 0 Å². The number of carbonyl (C=O) groups excluding carboxylic acids is 1. The summed E-state index contributed by atoms with van der Waals surface area (Å²) < 4.78 is 27.5. The number of esters is 1. The van der Waals surface area contributed by atoms with Gasteiger partial charge in [-0.05, 0) is 18.6 Å². The highest BCUT2D eigenvalue weighted by Crippen LogP contribution is 2.18. The molecule has 0 amide bonds. The molecule has 0 spiro atoms. The summed E-state index contributed by atoms with van der Waals surface area (Å²) in [6.07, 6.45) is -0.339. The molecule has 1 heterocycles. The molecule has 0 radical (unpaired) electrons. The number of nitro groups is 1. The van der Waals surface area contributed by atoms with Crippen molar-refractivity contribution in [3.05, 3.63) is 39.9 Å². The summed E-state index contributed by atoms with van der Waals surface area (Å²) >= 11 is 0. The number of ether oxygens (including phenoxy) is 1. The van der Waals surface area contributed by atoms with Crippen LogP contribution in [0.5, 0.6) is 0 Å². The van der Waals surface area contributed by atoms with Crippen molar-refractivity contribution in [3.8, 4) is 0 Å². The van der Waals surface area contributed by atoms with E-state index in [2.05, 4.69) is 0 Å². The summed E-state index contributed by atoms with van der Waals surface area (Å²) in [7, 11) is -3.11. The molecule has 0 N–H and O–H groups in total. The zero-order valence-electron chi connectivity index (χ0n) is 9.81. The fourth-order valence-electron chi connectivity index (χ4n) is 1.79. The number of nitro benzene ring substituents is 1. The molecule has 1 fully saturated rings. The summed E-state index contributed by atoms with van der Waals surface area (Å²) in [4.78, 5) is 21.6. The Morgan fingerprint density at radius 2 is 1.95 bits per heavy atom. The van der Waals surface area contributed by atoms with Crippen LogP contribution in [0.4, 0.5) is 5.69 Å². The number of non-ortho nitro benzene ring substituents is 1. The first kappa shape index (κ1) is 13.5. The first-order valence-corrected chi connectivity index (χ1v) is 7.35. The standard InChI is InChI=1S/C11H11NO6S/c13-11(18-10-5-6-19(16,17)7-10)8-1-3-9(4-2-8)12(14)15/h1-4,10H,5-7H2/t10-/m0/s1. The summed E-state index contributed by atoms with van der Waals surface area (Å²) in [6, 6.07) is 4.96. The Kier molecular flexibility index (Phi) is 3.52. The predicted molar refractivity (Wildman–Crippen MR) is 65.6 cm³/mol. The third kappa shape index (κ3) is 3.28. The van der Waals surface area contributed by atoms with Crippen LogP contribution in [-0.4, -0.2) is 36.9 Å². The summed E-state index contributed by atoms with van der Waals surface area (Å²) in [5.41, 5.74) is 0.0369. The van der Waals surface area contributed by atoms with Crippen molar-refractivity contribution >= 4 is 21.5 Å². The molecule has 1 atom stereocenters. The van der Waals surface area contributed by atoms with Gasteiger partial charge in [0.15, 0.2) is 9.84 Å². The minimum Gasteiger partial charge on any atom is -0.458 e. The Bertz CT molecular complexity index is 607. The fraction of sp³-hybridized carbons (Fsp3) is 0.364. The second kappa shape index (κ2) is 4.96. The van der Waals surface area contributed by atoms with E-state index in [-0.39, 0.29) is 22.8 Å². The molecule has 0 aromatic heterocycles. The van der Waals surface area contributed by atoms with Gasteiger partial charge in [-0.25, -0.2) is 13.2 Å². The molecular weight excluding hydrogens is 274 g/mol. The van der Waals surface area contributed by atoms with Gasteiger partial charge in [-0.3, -0.25) is 10.1 Å². The third-order valence-electron chi connectivity index (χ3n) is 2.78. The average Bonchev–Trinajstić information content (AvgIpc) is 2.68. The van der Waals surface area contributed by atoms with Crippen LogP contribution in [0.15, 0.2) is 24.3 Å². The highest BCUT2D eigenvalue weighted by Gasteiger charge is 2.30. The van der Waals surface area contributed by atoms with Crippen molar-refractivity contribution in [2.45, 2.75) is 12.5 Å². The van der Waals surface area contributed by atoms with Gasteiger partial charge < -0.3 is 4.74 Å². The Hall–Kier alpha value is -1.96. The highest BCUT2D eigenvalue weighted by atomic mass is 32.2. The zero-order chi connectivity index (χ0) is 14.0. The van der Waals surface area contributed by atoms with Crippen molar-refractivity contribution in [3.63, 3.8) is 0 Å². The molecular formula is C11H11NO6S. The van der Waals surface area contributed by atoms with Crippen molar-refractivity contribution in [1.82, 2.24) is 0 Å². The molecule has 0 bridgehead atoms. The topological polar surface area (TPSA) is 104 Å². The van der Waals surface area contributed by atoms with Gasteiger partial charge in [0, 0.05) is 12.1 Å². The SMILES string of the molecule is O=C(O[C@H]1CCS(=O)(=O)C1)c1ccc([N+](=O)[O-])cc1. The normalized spacial score (nSPS) is 20.9. The van der Waals surface area contributed by atoms with E-state index in [1.165, 1.54) is 24.3 Å². The van der Waals surface area contributed by atoms with E-state index in [0.717, 1.165) is 0 Å². The fourth-order valence-corrected chi connectivity index (χ4v) is 3.38. The van der Waals surface area contributed by atoms with Crippen molar-refractivity contribution in [2.75, 3.05) is 11.5 Å². The predicted octanol–water partition coefficient (Wildman–Crippen LogP) is 0.939. The maximum Gasteiger partial charge on any atom is 0.338 e. The number of carbonyl (C=O) groups is 1. The number of rotatable bonds is 3. The van der Waals surface area contributed by atoms with E-state index in [1.807, 2.05) is 0 Å². The van der Waals surface area contributed by atoms with E-state index < -0.39 is 26.8 Å². The third-order valence-corrected chi connectivity index (χ3v) is 4.52. The van der Waals surface area contributed by atoms with Gasteiger partial charge in [-0.2, -0.15) is 0 Å². The smallest absolute Gasteiger partial charge is 0.338 e. The molecule has 1 aromatic rings. The molecule has 8 heteroatoms. The molecule has 0 unspecified atom stereocenters. The maximum atomic E-state index is 11.7. The van der Waals surface area contributed by atoms with Gasteiger partial charge in [0.1, 0.15) is 6.10 Å². The first-order chi connectivity index (χ1) is 8.87. The number of hydrogen-bond donors (Lipinski definition) is 0. The zero-order valence-corrected chi connectivity index (χ0v) is 10.6. The minimum absolute atomic E-state index is 0.0191. The lowest BCUT2D eigenvalue weighted by atomic mass is 10.2. The molecule has 1 aromatic carbocycles. The first-order valence-electron chi connectivity index (χ1n) is 5.53. The van der Waals surface area contributed by atoms with Crippen LogP contribution in [0.1, 0.15) is 16.8 Å². The van der Waals surface area contributed by atoms with Gasteiger partial charge in [-0.15, -0.1) is 0 Å². The second-order valence-corrected chi connectivity index (χ2v) is 6.46. The van der Waals surface area contributed by atoms with Crippen LogP contribution in [-0.2, 0) is 14.6 Å². The molecule has 2 rings (SSSR count). The van der Waals surface area contributed by atoms with E-state index in [4.69, 9.17) is 4.74 Å². The van der Waals surface area contributed by atoms with Crippen LogP contribution in [0, 0.1) is 10.1 Å². The van der Waals surface area contributed by atoms with Gasteiger partial charge in [0.2, 0.25) is 0 Å². The molecule has 19 heavy (non-hydrogen) atoms. The largest absolute Gasteiger partial charge is 0.458 e. The van der Waals surface area contributed by atoms with E-state index in [1.54, 1.807) is 0 Å². The molecule has 102 valence electrons. The number of hydrogen-bond acceptors (Lipinski definition) is 6. The van der Waals surface area contributed by atoms with E-state index in [0.29, 0.717) is 6.42 Å². The summed E-state index contributed by atoms with van der Waals surface area (Å²) in [5.74, 6) is -0.811. The molecule has 0 saturated carbocycles. The molecule has 1 saturated heterocycles. The molecule has 1 aliphatic rings. The Labute approximate surface area is 109 Å². The monoisotopic (exact) mass is 285 g/mol. The van der Waals surface area contributed by atoms with Crippen molar-refractivity contribution in [2.24, 2.45) is 0 Å². The Balaban J connectivity index is 2.02. The summed E-state index contributed by atoms with van der Waals surface area (Å²) in [6.45, 7) is 0. The van der Waals surface area contributed by atoms with Crippen LogP contribution < -0.4 is 0 Å². The van der Waals surface area contributed by atoms with Gasteiger partial charge in [0.25, 0.3) is 5.69 Å². The highest BCUT2D eigenvalue weighted by molar-refractivity contribution is 7.91. The number of benzene rings is 1. The van der Waals surface area contributed by atoms with Crippen LogP contribution in [0.2, 0.25) is 0 Å². The Morgan fingerprint density at radius 1 is 1.32 bits per heavy atom. The van der Waals surface area contributed by atoms with Gasteiger partial charge in [0.05, 0.1) is 22.0 Å². The minimum atomic E-state index is -3.11. The van der Waals surface area contributed by atoms with E-state index in [9.17, 15) is 23.3 Å². The van der Waals surface area contributed by atoms with Crippen LogP contribution in [0.3, 0.4) is 0 Å². The summed E-state index contributed by atoms with van der Waals surface area (Å²) in [5, 5.41) is 10.5. The lowest BCUT2D eigenvalue weighted by molar-refractivity contribution is -0.384. The second-order valence-electron chi connectivity index (χ2n) is 4.23. The Morgan fingerprint density at radius 3 is 2.42 bits per heavy atom. The average molecular weight is 285 g/mol. The molecule has 7 nitrogen and oxygen atoms in total.